The lowest BCUT2D eigenvalue weighted by Gasteiger charge is -2.17. The van der Waals surface area contributed by atoms with Gasteiger partial charge in [-0.15, -0.1) is 0 Å². The minimum absolute atomic E-state index is 0.0825. The van der Waals surface area contributed by atoms with E-state index in [4.69, 9.17) is 9.72 Å². The van der Waals surface area contributed by atoms with Crippen LogP contribution in [0.1, 0.15) is 129 Å². The van der Waals surface area contributed by atoms with Gasteiger partial charge in [0.1, 0.15) is 5.75 Å². The van der Waals surface area contributed by atoms with Crippen LogP contribution < -0.4 is 4.74 Å². The van der Waals surface area contributed by atoms with Gasteiger partial charge in [0.15, 0.2) is 11.9 Å². The summed E-state index contributed by atoms with van der Waals surface area (Å²) in [6.07, 6.45) is 22.3. The number of aryl methyl sites for hydroxylation is 1. The van der Waals surface area contributed by atoms with Gasteiger partial charge in [-0.1, -0.05) is 134 Å². The predicted octanol–water partition coefficient (Wildman–Crippen LogP) is 10.4. The molecule has 0 N–H and O–H groups in total. The van der Waals surface area contributed by atoms with Crippen molar-refractivity contribution in [3.63, 3.8) is 0 Å². The van der Waals surface area contributed by atoms with Gasteiger partial charge in [0.2, 0.25) is 0 Å². The lowest BCUT2D eigenvalue weighted by Crippen LogP contribution is -2.12. The van der Waals surface area contributed by atoms with E-state index in [-0.39, 0.29) is 6.10 Å². The van der Waals surface area contributed by atoms with Crippen molar-refractivity contribution in [2.45, 2.75) is 129 Å². The van der Waals surface area contributed by atoms with Gasteiger partial charge in [0, 0.05) is 6.54 Å². The molecule has 2 aromatic carbocycles. The average molecular weight is 491 g/mol. The fourth-order valence-corrected chi connectivity index (χ4v) is 5.21. The highest BCUT2D eigenvalue weighted by Crippen LogP contribution is 2.26. The minimum atomic E-state index is -0.0825. The third-order valence-electron chi connectivity index (χ3n) is 7.34. The number of fused-ring (bicyclic) bond motifs is 1. The molecule has 36 heavy (non-hydrogen) atoms. The third kappa shape index (κ3) is 9.99. The van der Waals surface area contributed by atoms with E-state index in [0.29, 0.717) is 0 Å². The van der Waals surface area contributed by atoms with Crippen LogP contribution in [-0.4, -0.2) is 9.55 Å². The molecule has 0 radical (unpaired) electrons. The van der Waals surface area contributed by atoms with Crippen molar-refractivity contribution in [2.75, 3.05) is 0 Å². The van der Waals surface area contributed by atoms with Crippen molar-refractivity contribution < 1.29 is 4.74 Å². The lowest BCUT2D eigenvalue weighted by atomic mass is 10.0. The molecular weight excluding hydrogens is 440 g/mol. The Hall–Kier alpha value is -2.29. The highest BCUT2D eigenvalue weighted by Gasteiger charge is 2.17. The number of rotatable bonds is 20. The van der Waals surface area contributed by atoms with E-state index in [1.165, 1.54) is 108 Å². The van der Waals surface area contributed by atoms with Gasteiger partial charge < -0.3 is 9.30 Å². The molecule has 1 atom stereocenters. The van der Waals surface area contributed by atoms with Gasteiger partial charge in [-0.25, -0.2) is 4.98 Å². The van der Waals surface area contributed by atoms with Crippen molar-refractivity contribution in [1.82, 2.24) is 9.55 Å². The van der Waals surface area contributed by atoms with E-state index >= 15 is 0 Å². The number of para-hydroxylation sites is 3. The molecular formula is C33H50N2O. The Bertz CT molecular complexity index is 949. The zero-order valence-corrected chi connectivity index (χ0v) is 23.1. The van der Waals surface area contributed by atoms with Gasteiger partial charge >= 0.3 is 0 Å². The summed E-state index contributed by atoms with van der Waals surface area (Å²) in [4.78, 5) is 4.94. The van der Waals surface area contributed by atoms with Crippen LogP contribution in [0.15, 0.2) is 54.6 Å². The third-order valence-corrected chi connectivity index (χ3v) is 7.34. The summed E-state index contributed by atoms with van der Waals surface area (Å²) in [6, 6.07) is 18.6. The highest BCUT2D eigenvalue weighted by atomic mass is 16.5. The largest absolute Gasteiger partial charge is 0.483 e. The molecule has 0 saturated carbocycles. The molecule has 0 aliphatic heterocycles. The summed E-state index contributed by atoms with van der Waals surface area (Å²) < 4.78 is 8.60. The van der Waals surface area contributed by atoms with Crippen LogP contribution in [0.25, 0.3) is 11.0 Å². The molecule has 0 spiro atoms. The molecule has 198 valence electrons. The first-order valence-electron chi connectivity index (χ1n) is 15.0. The number of hydrogen-bond acceptors (Lipinski definition) is 2. The number of aromatic nitrogens is 2. The molecule has 1 heterocycles. The second-order valence-electron chi connectivity index (χ2n) is 10.5. The molecule has 0 saturated heterocycles. The van der Waals surface area contributed by atoms with Crippen LogP contribution in [0.4, 0.5) is 0 Å². The van der Waals surface area contributed by atoms with Gasteiger partial charge in [-0.2, -0.15) is 0 Å². The van der Waals surface area contributed by atoms with Gasteiger partial charge in [0.05, 0.1) is 11.0 Å². The topological polar surface area (TPSA) is 27.1 Å². The van der Waals surface area contributed by atoms with Gasteiger partial charge in [-0.3, -0.25) is 0 Å². The first kappa shape index (κ1) is 28.3. The Labute approximate surface area is 220 Å². The number of nitrogens with zero attached hydrogens (tertiary/aromatic N) is 2. The standard InChI is InChI=1S/C33H50N2O/c1-3-4-5-6-7-8-9-10-11-12-13-14-15-16-17-23-28-35-32-27-22-21-26-31(32)34-33(35)29(2)36-30-24-19-18-20-25-30/h18-22,24-27,29H,3-17,23,28H2,1-2H3. The van der Waals surface area contributed by atoms with E-state index in [0.717, 1.165) is 23.6 Å². The van der Waals surface area contributed by atoms with Crippen LogP contribution in [0, 0.1) is 0 Å². The molecule has 0 aliphatic carbocycles. The van der Waals surface area contributed by atoms with Crippen LogP contribution in [-0.2, 0) is 6.54 Å². The Kier molecular flexibility index (Phi) is 13.5. The zero-order valence-electron chi connectivity index (χ0n) is 23.1. The Morgan fingerprint density at radius 1 is 0.639 bits per heavy atom. The van der Waals surface area contributed by atoms with Crippen molar-refractivity contribution in [1.29, 1.82) is 0 Å². The monoisotopic (exact) mass is 490 g/mol. The normalized spacial score (nSPS) is 12.3. The van der Waals surface area contributed by atoms with Crippen molar-refractivity contribution >= 4 is 11.0 Å². The molecule has 3 nitrogen and oxygen atoms in total. The number of imidazole rings is 1. The number of hydrogen-bond donors (Lipinski definition) is 0. The number of unbranched alkanes of at least 4 members (excludes halogenated alkanes) is 15. The maximum atomic E-state index is 6.22. The van der Waals surface area contributed by atoms with Crippen LogP contribution in [0.5, 0.6) is 5.75 Å². The quantitative estimate of drug-likeness (QED) is 0.147. The van der Waals surface area contributed by atoms with Crippen molar-refractivity contribution in [3.8, 4) is 5.75 Å². The van der Waals surface area contributed by atoms with Gasteiger partial charge in [-0.05, 0) is 37.6 Å². The molecule has 3 aromatic rings. The molecule has 0 fully saturated rings. The smallest absolute Gasteiger partial charge is 0.153 e. The fourth-order valence-electron chi connectivity index (χ4n) is 5.21. The molecule has 1 unspecified atom stereocenters. The molecule has 0 aliphatic rings. The lowest BCUT2D eigenvalue weighted by molar-refractivity contribution is 0.211. The zero-order chi connectivity index (χ0) is 25.3. The highest BCUT2D eigenvalue weighted by molar-refractivity contribution is 5.76. The number of benzene rings is 2. The van der Waals surface area contributed by atoms with Crippen LogP contribution >= 0.6 is 0 Å². The average Bonchev–Trinajstić information content (AvgIpc) is 3.28. The van der Waals surface area contributed by atoms with Gasteiger partial charge in [0.25, 0.3) is 0 Å². The van der Waals surface area contributed by atoms with E-state index < -0.39 is 0 Å². The van der Waals surface area contributed by atoms with Crippen molar-refractivity contribution in [3.05, 3.63) is 60.4 Å². The maximum absolute atomic E-state index is 6.22. The Morgan fingerprint density at radius 2 is 1.14 bits per heavy atom. The summed E-state index contributed by atoms with van der Waals surface area (Å²) >= 11 is 0. The molecule has 0 amide bonds. The minimum Gasteiger partial charge on any atom is -0.483 e. The molecule has 1 aromatic heterocycles. The SMILES string of the molecule is CCCCCCCCCCCCCCCCCCn1c(C(C)Oc2ccccc2)nc2ccccc21. The number of ether oxygens (including phenoxy) is 1. The predicted molar refractivity (Wildman–Crippen MR) is 155 cm³/mol. The summed E-state index contributed by atoms with van der Waals surface area (Å²) in [5, 5.41) is 0. The van der Waals surface area contributed by atoms with E-state index in [1.54, 1.807) is 0 Å². The summed E-state index contributed by atoms with van der Waals surface area (Å²) in [6.45, 7) is 5.41. The van der Waals surface area contributed by atoms with Crippen LogP contribution in [0.2, 0.25) is 0 Å². The summed E-state index contributed by atoms with van der Waals surface area (Å²) in [5.41, 5.74) is 2.28. The van der Waals surface area contributed by atoms with Crippen molar-refractivity contribution in [2.24, 2.45) is 0 Å². The van der Waals surface area contributed by atoms with E-state index in [2.05, 4.69) is 42.7 Å². The maximum Gasteiger partial charge on any atom is 0.153 e. The summed E-state index contributed by atoms with van der Waals surface area (Å²) in [5.74, 6) is 1.92. The van der Waals surface area contributed by atoms with Crippen LogP contribution in [0.3, 0.4) is 0 Å². The molecule has 3 rings (SSSR count). The first-order chi connectivity index (χ1) is 17.8. The first-order valence-corrected chi connectivity index (χ1v) is 15.0. The molecule has 0 bridgehead atoms. The molecule has 3 heteroatoms. The fraction of sp³-hybridized carbons (Fsp3) is 0.606. The van der Waals surface area contributed by atoms with E-state index in [1.807, 2.05) is 30.3 Å². The Balaban J connectivity index is 1.29. The van der Waals surface area contributed by atoms with E-state index in [9.17, 15) is 0 Å². The Morgan fingerprint density at radius 3 is 1.72 bits per heavy atom. The second kappa shape index (κ2) is 17.2. The second-order valence-corrected chi connectivity index (χ2v) is 10.5. The summed E-state index contributed by atoms with van der Waals surface area (Å²) in [7, 11) is 0.